The Hall–Kier alpha value is -0.790. The molecule has 0 bridgehead atoms. The van der Waals surface area contributed by atoms with Crippen LogP contribution in [0.4, 0.5) is 0 Å². The third kappa shape index (κ3) is 5.48. The normalized spacial score (nSPS) is 15.9. The van der Waals surface area contributed by atoms with Gasteiger partial charge in [-0.1, -0.05) is 6.92 Å². The van der Waals surface area contributed by atoms with E-state index in [1.54, 1.807) is 0 Å². The van der Waals surface area contributed by atoms with Crippen molar-refractivity contribution >= 4 is 29.9 Å². The molecule has 1 aliphatic rings. The fraction of sp³-hybridized carbons (Fsp3) is 0.733. The van der Waals surface area contributed by atoms with Crippen molar-refractivity contribution in [3.63, 3.8) is 0 Å². The van der Waals surface area contributed by atoms with Crippen LogP contribution in [0.3, 0.4) is 0 Å². The number of hydrogen-bond acceptors (Lipinski definition) is 2. The minimum absolute atomic E-state index is 0. The standard InChI is InChI=1S/C15H27N5.HI/c1-4-12(3)18-15(16-5-2)17-10-13-11-20-9-7-6-8-14(20)19-13;/h11-12H,4-10H2,1-3H3,(H2,16,17,18);1H. The van der Waals surface area contributed by atoms with E-state index in [1.165, 1.54) is 18.7 Å². The van der Waals surface area contributed by atoms with Crippen LogP contribution in [-0.2, 0) is 19.5 Å². The summed E-state index contributed by atoms with van der Waals surface area (Å²) in [7, 11) is 0. The molecule has 1 aromatic heterocycles. The number of aryl methyl sites for hydroxylation is 2. The molecule has 6 heteroatoms. The van der Waals surface area contributed by atoms with Crippen LogP contribution in [-0.4, -0.2) is 28.1 Å². The van der Waals surface area contributed by atoms with Crippen LogP contribution in [0.1, 0.15) is 51.6 Å². The number of nitrogens with one attached hydrogen (secondary N) is 2. The fourth-order valence-electron chi connectivity index (χ4n) is 2.36. The lowest BCUT2D eigenvalue weighted by atomic mass is 10.2. The van der Waals surface area contributed by atoms with Gasteiger partial charge in [0.1, 0.15) is 5.82 Å². The zero-order valence-corrected chi connectivity index (χ0v) is 15.7. The summed E-state index contributed by atoms with van der Waals surface area (Å²) in [6, 6.07) is 0.433. The lowest BCUT2D eigenvalue weighted by molar-refractivity contribution is 0.522. The molecule has 0 saturated carbocycles. The molecule has 0 amide bonds. The summed E-state index contributed by atoms with van der Waals surface area (Å²) in [5.41, 5.74) is 1.07. The summed E-state index contributed by atoms with van der Waals surface area (Å²) >= 11 is 0. The summed E-state index contributed by atoms with van der Waals surface area (Å²) in [6.07, 6.45) is 6.88. The first-order valence-corrected chi connectivity index (χ1v) is 7.82. The third-order valence-corrected chi connectivity index (χ3v) is 3.70. The molecule has 0 aromatic carbocycles. The second-order valence-electron chi connectivity index (χ2n) is 5.45. The van der Waals surface area contributed by atoms with E-state index in [0.717, 1.165) is 37.6 Å². The van der Waals surface area contributed by atoms with E-state index in [0.29, 0.717) is 12.6 Å². The highest BCUT2D eigenvalue weighted by Gasteiger charge is 2.12. The molecule has 1 unspecified atom stereocenters. The Morgan fingerprint density at radius 3 is 2.90 bits per heavy atom. The van der Waals surface area contributed by atoms with E-state index in [-0.39, 0.29) is 24.0 Å². The molecule has 0 fully saturated rings. The van der Waals surface area contributed by atoms with Crippen LogP contribution in [0.25, 0.3) is 0 Å². The molecule has 2 N–H and O–H groups in total. The molecular formula is C15H28IN5. The van der Waals surface area contributed by atoms with Crippen LogP contribution in [0, 0.1) is 0 Å². The van der Waals surface area contributed by atoms with Gasteiger partial charge < -0.3 is 15.2 Å². The molecule has 21 heavy (non-hydrogen) atoms. The van der Waals surface area contributed by atoms with Crippen molar-refractivity contribution in [2.75, 3.05) is 6.54 Å². The van der Waals surface area contributed by atoms with E-state index < -0.39 is 0 Å². The lowest BCUT2D eigenvalue weighted by Crippen LogP contribution is -2.41. The SMILES string of the molecule is CCNC(=NCc1cn2c(n1)CCCC2)NC(C)CC.I. The molecule has 2 rings (SSSR count). The van der Waals surface area contributed by atoms with Crippen LogP contribution in [0.5, 0.6) is 0 Å². The fourth-order valence-corrected chi connectivity index (χ4v) is 2.36. The average molecular weight is 405 g/mol. The second kappa shape index (κ2) is 9.27. The molecular weight excluding hydrogens is 377 g/mol. The van der Waals surface area contributed by atoms with Gasteiger partial charge in [0.05, 0.1) is 12.2 Å². The number of imidazole rings is 1. The number of hydrogen-bond donors (Lipinski definition) is 2. The maximum Gasteiger partial charge on any atom is 0.191 e. The third-order valence-electron chi connectivity index (χ3n) is 3.70. The number of nitrogens with zero attached hydrogens (tertiary/aromatic N) is 3. The Morgan fingerprint density at radius 2 is 2.24 bits per heavy atom. The van der Waals surface area contributed by atoms with Gasteiger partial charge in [-0.25, -0.2) is 9.98 Å². The molecule has 120 valence electrons. The minimum atomic E-state index is 0. The topological polar surface area (TPSA) is 54.2 Å². The van der Waals surface area contributed by atoms with Crippen LogP contribution in [0.2, 0.25) is 0 Å². The Bertz CT molecular complexity index is 431. The van der Waals surface area contributed by atoms with E-state index in [2.05, 4.69) is 52.1 Å². The lowest BCUT2D eigenvalue weighted by Gasteiger charge is -2.15. The Kier molecular flexibility index (Phi) is 8.06. The van der Waals surface area contributed by atoms with Crippen LogP contribution < -0.4 is 10.6 Å². The van der Waals surface area contributed by atoms with E-state index in [9.17, 15) is 0 Å². The quantitative estimate of drug-likeness (QED) is 0.450. The summed E-state index contributed by atoms with van der Waals surface area (Å²) in [5.74, 6) is 2.11. The highest BCUT2D eigenvalue weighted by atomic mass is 127. The maximum absolute atomic E-state index is 4.68. The van der Waals surface area contributed by atoms with Crippen molar-refractivity contribution in [1.82, 2.24) is 20.2 Å². The monoisotopic (exact) mass is 405 g/mol. The van der Waals surface area contributed by atoms with Gasteiger partial charge in [-0.05, 0) is 33.1 Å². The largest absolute Gasteiger partial charge is 0.357 e. The first kappa shape index (κ1) is 18.3. The van der Waals surface area contributed by atoms with Gasteiger partial charge in [0.2, 0.25) is 0 Å². The zero-order valence-electron chi connectivity index (χ0n) is 13.4. The highest BCUT2D eigenvalue weighted by Crippen LogP contribution is 2.14. The van der Waals surface area contributed by atoms with Crippen LogP contribution in [0.15, 0.2) is 11.2 Å². The molecule has 0 aliphatic carbocycles. The number of halogens is 1. The van der Waals surface area contributed by atoms with E-state index in [1.807, 2.05) is 0 Å². The summed E-state index contributed by atoms with van der Waals surface area (Å²) in [6.45, 7) is 9.06. The first-order chi connectivity index (χ1) is 9.72. The average Bonchev–Trinajstić information content (AvgIpc) is 2.87. The van der Waals surface area contributed by atoms with Gasteiger partial charge in [0, 0.05) is 31.7 Å². The zero-order chi connectivity index (χ0) is 14.4. The van der Waals surface area contributed by atoms with Gasteiger partial charge in [-0.2, -0.15) is 0 Å². The number of rotatable bonds is 5. The van der Waals surface area contributed by atoms with Crippen molar-refractivity contribution in [3.05, 3.63) is 17.7 Å². The van der Waals surface area contributed by atoms with Crippen molar-refractivity contribution in [2.45, 2.75) is 65.6 Å². The molecule has 5 nitrogen and oxygen atoms in total. The van der Waals surface area contributed by atoms with Crippen molar-refractivity contribution in [1.29, 1.82) is 0 Å². The highest BCUT2D eigenvalue weighted by molar-refractivity contribution is 14.0. The molecule has 1 aliphatic heterocycles. The van der Waals surface area contributed by atoms with E-state index in [4.69, 9.17) is 0 Å². The molecule has 1 atom stereocenters. The molecule has 0 radical (unpaired) electrons. The minimum Gasteiger partial charge on any atom is -0.357 e. The van der Waals surface area contributed by atoms with Crippen molar-refractivity contribution in [2.24, 2.45) is 4.99 Å². The first-order valence-electron chi connectivity index (χ1n) is 7.82. The van der Waals surface area contributed by atoms with Gasteiger partial charge in [0.25, 0.3) is 0 Å². The van der Waals surface area contributed by atoms with Crippen LogP contribution >= 0.6 is 24.0 Å². The van der Waals surface area contributed by atoms with Gasteiger partial charge in [-0.15, -0.1) is 24.0 Å². The van der Waals surface area contributed by atoms with Gasteiger partial charge in [0.15, 0.2) is 5.96 Å². The number of aromatic nitrogens is 2. The van der Waals surface area contributed by atoms with Crippen molar-refractivity contribution < 1.29 is 0 Å². The summed E-state index contributed by atoms with van der Waals surface area (Å²) < 4.78 is 2.28. The second-order valence-corrected chi connectivity index (χ2v) is 5.45. The van der Waals surface area contributed by atoms with E-state index >= 15 is 0 Å². The molecule has 0 spiro atoms. The number of guanidine groups is 1. The molecule has 2 heterocycles. The Labute approximate surface area is 145 Å². The predicted octanol–water partition coefficient (Wildman–Crippen LogP) is 2.69. The summed E-state index contributed by atoms with van der Waals surface area (Å²) in [4.78, 5) is 9.32. The summed E-state index contributed by atoms with van der Waals surface area (Å²) in [5, 5.41) is 6.69. The Balaban J connectivity index is 0.00000220. The van der Waals surface area contributed by atoms with Gasteiger partial charge >= 0.3 is 0 Å². The Morgan fingerprint density at radius 1 is 1.43 bits per heavy atom. The van der Waals surface area contributed by atoms with Gasteiger partial charge in [-0.3, -0.25) is 0 Å². The predicted molar refractivity (Wildman–Crippen MR) is 98.3 cm³/mol. The smallest absolute Gasteiger partial charge is 0.191 e. The van der Waals surface area contributed by atoms with Crippen molar-refractivity contribution in [3.8, 4) is 0 Å². The molecule has 1 aromatic rings. The molecule has 0 saturated heterocycles. The number of fused-ring (bicyclic) bond motifs is 1. The maximum atomic E-state index is 4.68. The number of aliphatic imine (C=N–C) groups is 1.